The maximum absolute atomic E-state index is 13.8. The van der Waals surface area contributed by atoms with Gasteiger partial charge in [-0.05, 0) is 43.0 Å². The third-order valence-electron chi connectivity index (χ3n) is 5.99. The molecule has 2 aromatic rings. The summed E-state index contributed by atoms with van der Waals surface area (Å²) < 4.78 is 16.2. The molecule has 0 bridgehead atoms. The van der Waals surface area contributed by atoms with Crippen molar-refractivity contribution in [1.82, 2.24) is 5.32 Å². The summed E-state index contributed by atoms with van der Waals surface area (Å²) in [7, 11) is 3.10. The smallest absolute Gasteiger partial charge is 0.317 e. The second-order valence-corrected chi connectivity index (χ2v) is 8.70. The van der Waals surface area contributed by atoms with E-state index in [2.05, 4.69) is 5.32 Å². The molecule has 8 heteroatoms. The van der Waals surface area contributed by atoms with Crippen LogP contribution in [0.4, 0.5) is 0 Å². The molecule has 1 aromatic carbocycles. The summed E-state index contributed by atoms with van der Waals surface area (Å²) in [4.78, 5) is 40.3. The Balaban J connectivity index is 1.85. The summed E-state index contributed by atoms with van der Waals surface area (Å²) >= 11 is 1.49. The van der Waals surface area contributed by atoms with Crippen molar-refractivity contribution < 1.29 is 28.6 Å². The van der Waals surface area contributed by atoms with E-state index in [-0.39, 0.29) is 30.6 Å². The van der Waals surface area contributed by atoms with Gasteiger partial charge >= 0.3 is 5.97 Å². The third kappa shape index (κ3) is 3.90. The minimum atomic E-state index is -0.957. The number of allylic oxidation sites excluding steroid dienone is 2. The molecule has 1 aliphatic heterocycles. The van der Waals surface area contributed by atoms with E-state index in [1.807, 2.05) is 17.5 Å². The van der Waals surface area contributed by atoms with Crippen LogP contribution in [0.2, 0.25) is 0 Å². The van der Waals surface area contributed by atoms with E-state index in [1.54, 1.807) is 39.3 Å². The van der Waals surface area contributed by atoms with Crippen LogP contribution in [0, 0.1) is 5.92 Å². The van der Waals surface area contributed by atoms with Crippen molar-refractivity contribution in [3.05, 3.63) is 57.4 Å². The topological polar surface area (TPSA) is 90.9 Å². The van der Waals surface area contributed by atoms with Crippen molar-refractivity contribution in [2.75, 3.05) is 20.8 Å². The lowest BCUT2D eigenvalue weighted by Gasteiger charge is -2.37. The molecule has 1 aliphatic carbocycles. The van der Waals surface area contributed by atoms with Crippen molar-refractivity contribution in [3.63, 3.8) is 0 Å². The van der Waals surface area contributed by atoms with Gasteiger partial charge in [0.05, 0.1) is 20.8 Å². The molecular formula is C24H25NO6S. The second-order valence-electron chi connectivity index (χ2n) is 7.73. The minimum Gasteiger partial charge on any atom is -0.497 e. The minimum absolute atomic E-state index is 0.0767. The second kappa shape index (κ2) is 9.16. The number of nitrogens with one attached hydrogen (secondary N) is 1. The van der Waals surface area contributed by atoms with Crippen molar-refractivity contribution in [3.8, 4) is 11.5 Å². The molecule has 7 nitrogen and oxygen atoms in total. The Bertz CT molecular complexity index is 1070. The third-order valence-corrected chi connectivity index (χ3v) is 6.99. The molecule has 168 valence electrons. The summed E-state index contributed by atoms with van der Waals surface area (Å²) in [5, 5.41) is 4.81. The molecule has 4 rings (SSSR count). The molecular weight excluding hydrogens is 430 g/mol. The Labute approximate surface area is 190 Å². The van der Waals surface area contributed by atoms with Gasteiger partial charge in [-0.3, -0.25) is 14.4 Å². The number of rotatable bonds is 6. The highest BCUT2D eigenvalue weighted by atomic mass is 32.1. The maximum atomic E-state index is 13.8. The standard InChI is InChI=1S/C24H25NO6S/c1-4-31-24(28)22-16(19-6-5-9-32-19)11-17-21(23(22)27)15(12-20(26)25-17)14-10-13(29-2)7-8-18(14)30-3/h5-10,15-16,22H,4,11-12H2,1-3H3,(H,25,26)/t15-,16-,22-/m0/s1. The SMILES string of the molecule is CCOC(=O)[C@@H]1C(=O)C2=C(C[C@H]1c1cccs1)NC(=O)C[C@H]2c1cc(OC)ccc1OC. The summed E-state index contributed by atoms with van der Waals surface area (Å²) in [5.41, 5.74) is 1.70. The summed E-state index contributed by atoms with van der Waals surface area (Å²) in [5.74, 6) is -1.75. The average Bonchev–Trinajstić information content (AvgIpc) is 3.32. The van der Waals surface area contributed by atoms with Gasteiger partial charge in [-0.25, -0.2) is 0 Å². The molecule has 0 spiro atoms. The fourth-order valence-corrected chi connectivity index (χ4v) is 5.47. The first-order chi connectivity index (χ1) is 15.5. The van der Waals surface area contributed by atoms with Gasteiger partial charge in [0.2, 0.25) is 5.91 Å². The predicted octanol–water partition coefficient (Wildman–Crippen LogP) is 3.56. The van der Waals surface area contributed by atoms with Gasteiger partial charge in [0.1, 0.15) is 17.4 Å². The van der Waals surface area contributed by atoms with E-state index >= 15 is 0 Å². The Morgan fingerprint density at radius 2 is 1.97 bits per heavy atom. The largest absolute Gasteiger partial charge is 0.497 e. The van der Waals surface area contributed by atoms with Crippen LogP contribution in [-0.2, 0) is 19.1 Å². The van der Waals surface area contributed by atoms with E-state index in [4.69, 9.17) is 14.2 Å². The number of esters is 1. The number of hydrogen-bond acceptors (Lipinski definition) is 7. The van der Waals surface area contributed by atoms with Crippen molar-refractivity contribution in [2.45, 2.75) is 31.6 Å². The molecule has 0 unspecified atom stereocenters. The first kappa shape index (κ1) is 22.1. The fraction of sp³-hybridized carbons (Fsp3) is 0.375. The molecule has 0 saturated carbocycles. The van der Waals surface area contributed by atoms with E-state index in [0.717, 1.165) is 4.88 Å². The molecule has 1 N–H and O–H groups in total. The fourth-order valence-electron chi connectivity index (χ4n) is 4.60. The molecule has 2 aliphatic rings. The first-order valence-electron chi connectivity index (χ1n) is 10.5. The maximum Gasteiger partial charge on any atom is 0.317 e. The Morgan fingerprint density at radius 1 is 1.16 bits per heavy atom. The van der Waals surface area contributed by atoms with E-state index in [9.17, 15) is 14.4 Å². The number of amides is 1. The highest BCUT2D eigenvalue weighted by Crippen LogP contribution is 2.48. The number of benzene rings is 1. The van der Waals surface area contributed by atoms with Gasteiger partial charge in [-0.1, -0.05) is 6.07 Å². The number of hydrogen-bond donors (Lipinski definition) is 1. The lowest BCUT2D eigenvalue weighted by Crippen LogP contribution is -2.44. The highest BCUT2D eigenvalue weighted by Gasteiger charge is 2.48. The quantitative estimate of drug-likeness (QED) is 0.529. The summed E-state index contributed by atoms with van der Waals surface area (Å²) in [6, 6.07) is 9.10. The number of carbonyl (C=O) groups excluding carboxylic acids is 3. The monoisotopic (exact) mass is 455 g/mol. The number of ether oxygens (including phenoxy) is 3. The molecule has 0 radical (unpaired) electrons. The van der Waals surface area contributed by atoms with Crippen LogP contribution in [0.25, 0.3) is 0 Å². The van der Waals surface area contributed by atoms with Gasteiger partial charge in [-0.2, -0.15) is 0 Å². The van der Waals surface area contributed by atoms with E-state index in [0.29, 0.717) is 34.8 Å². The van der Waals surface area contributed by atoms with Crippen LogP contribution >= 0.6 is 11.3 Å². The molecule has 1 aromatic heterocycles. The molecule has 2 heterocycles. The van der Waals surface area contributed by atoms with Crippen molar-refractivity contribution >= 4 is 29.0 Å². The Kier molecular flexibility index (Phi) is 6.32. The van der Waals surface area contributed by atoms with E-state index in [1.165, 1.54) is 11.3 Å². The summed E-state index contributed by atoms with van der Waals surface area (Å²) in [6.45, 7) is 1.91. The van der Waals surface area contributed by atoms with Gasteiger partial charge < -0.3 is 19.5 Å². The zero-order valence-corrected chi connectivity index (χ0v) is 19.0. The van der Waals surface area contributed by atoms with Gasteiger partial charge in [0, 0.05) is 40.0 Å². The summed E-state index contributed by atoms with van der Waals surface area (Å²) in [6.07, 6.45) is 0.451. The molecule has 0 saturated heterocycles. The zero-order chi connectivity index (χ0) is 22.8. The van der Waals surface area contributed by atoms with Gasteiger partial charge in [0.15, 0.2) is 5.78 Å². The Hall–Kier alpha value is -3.13. The van der Waals surface area contributed by atoms with Crippen LogP contribution in [0.3, 0.4) is 0 Å². The number of thiophene rings is 1. The number of carbonyl (C=O) groups is 3. The predicted molar refractivity (Wildman–Crippen MR) is 119 cm³/mol. The molecule has 1 amide bonds. The van der Waals surface area contributed by atoms with Crippen LogP contribution in [-0.4, -0.2) is 38.5 Å². The zero-order valence-electron chi connectivity index (χ0n) is 18.2. The highest BCUT2D eigenvalue weighted by molar-refractivity contribution is 7.10. The van der Waals surface area contributed by atoms with Crippen LogP contribution < -0.4 is 14.8 Å². The average molecular weight is 456 g/mol. The molecule has 32 heavy (non-hydrogen) atoms. The number of ketones is 1. The lowest BCUT2D eigenvalue weighted by atomic mass is 9.69. The van der Waals surface area contributed by atoms with Crippen LogP contribution in [0.5, 0.6) is 11.5 Å². The van der Waals surface area contributed by atoms with Crippen LogP contribution in [0.1, 0.15) is 42.0 Å². The number of methoxy groups -OCH3 is 2. The van der Waals surface area contributed by atoms with Gasteiger partial charge in [-0.15, -0.1) is 11.3 Å². The molecule has 3 atom stereocenters. The van der Waals surface area contributed by atoms with E-state index < -0.39 is 17.8 Å². The normalized spacial score (nSPS) is 22.8. The lowest BCUT2D eigenvalue weighted by molar-refractivity contribution is -0.152. The first-order valence-corrected chi connectivity index (χ1v) is 11.4. The van der Waals surface area contributed by atoms with Crippen molar-refractivity contribution in [2.24, 2.45) is 5.92 Å². The van der Waals surface area contributed by atoms with Crippen molar-refractivity contribution in [1.29, 1.82) is 0 Å². The number of Topliss-reactive ketones (excluding diaryl/α,β-unsaturated/α-hetero) is 1. The Morgan fingerprint density at radius 3 is 2.62 bits per heavy atom. The molecule has 0 fully saturated rings. The van der Waals surface area contributed by atoms with Crippen LogP contribution in [0.15, 0.2) is 47.0 Å². The van der Waals surface area contributed by atoms with Gasteiger partial charge in [0.25, 0.3) is 0 Å².